The molecule has 3 aromatic rings. The number of benzene rings is 2. The molecule has 1 aromatic heterocycles. The van der Waals surface area contributed by atoms with Crippen molar-refractivity contribution in [2.45, 2.75) is 6.92 Å². The van der Waals surface area contributed by atoms with Crippen LogP contribution in [0.3, 0.4) is 0 Å². The largest absolute Gasteiger partial charge is 0.438 e. The first-order valence-electron chi connectivity index (χ1n) is 6.08. The van der Waals surface area contributed by atoms with Crippen LogP contribution in [0, 0.1) is 12.7 Å². The van der Waals surface area contributed by atoms with Gasteiger partial charge in [0, 0.05) is 5.69 Å². The second kappa shape index (κ2) is 4.77. The molecule has 0 amide bonds. The summed E-state index contributed by atoms with van der Waals surface area (Å²) in [6.07, 6.45) is 1.42. The first-order valence-corrected chi connectivity index (χ1v) is 6.08. The van der Waals surface area contributed by atoms with Gasteiger partial charge >= 0.3 is 0 Å². The van der Waals surface area contributed by atoms with E-state index in [2.05, 4.69) is 9.97 Å². The van der Waals surface area contributed by atoms with Crippen molar-refractivity contribution in [3.8, 4) is 11.6 Å². The number of aromatic nitrogens is 2. The van der Waals surface area contributed by atoms with E-state index in [0.717, 1.165) is 10.9 Å². The first-order chi connectivity index (χ1) is 9.63. The van der Waals surface area contributed by atoms with Gasteiger partial charge in [0.05, 0.1) is 10.9 Å². The normalized spacial score (nSPS) is 10.7. The second-order valence-electron chi connectivity index (χ2n) is 4.47. The van der Waals surface area contributed by atoms with Crippen molar-refractivity contribution >= 4 is 16.6 Å². The zero-order valence-electron chi connectivity index (χ0n) is 10.8. The van der Waals surface area contributed by atoms with Gasteiger partial charge in [-0.2, -0.15) is 0 Å². The van der Waals surface area contributed by atoms with Crippen molar-refractivity contribution in [1.29, 1.82) is 0 Å². The lowest BCUT2D eigenvalue weighted by molar-refractivity contribution is 0.465. The van der Waals surface area contributed by atoms with Gasteiger partial charge in [-0.1, -0.05) is 0 Å². The van der Waals surface area contributed by atoms with E-state index in [1.54, 1.807) is 37.3 Å². The molecule has 0 saturated heterocycles. The molecular weight excluding hydrogens is 257 g/mol. The summed E-state index contributed by atoms with van der Waals surface area (Å²) in [6, 6.07) is 9.86. The highest BCUT2D eigenvalue weighted by Crippen LogP contribution is 2.28. The maximum Gasteiger partial charge on any atom is 0.230 e. The van der Waals surface area contributed by atoms with Gasteiger partial charge < -0.3 is 10.5 Å². The fraction of sp³-hybridized carbons (Fsp3) is 0.0667. The fourth-order valence-corrected chi connectivity index (χ4v) is 1.92. The van der Waals surface area contributed by atoms with Crippen LogP contribution < -0.4 is 10.5 Å². The number of halogens is 1. The summed E-state index contributed by atoms with van der Waals surface area (Å²) >= 11 is 0. The molecule has 0 radical (unpaired) electrons. The number of ether oxygens (including phenoxy) is 1. The summed E-state index contributed by atoms with van der Waals surface area (Å²) in [5.41, 5.74) is 7.63. The minimum Gasteiger partial charge on any atom is -0.438 e. The van der Waals surface area contributed by atoms with E-state index in [4.69, 9.17) is 10.5 Å². The molecule has 0 aliphatic carbocycles. The number of hydrogen-bond donors (Lipinski definition) is 1. The molecule has 20 heavy (non-hydrogen) atoms. The molecule has 100 valence electrons. The van der Waals surface area contributed by atoms with Crippen LogP contribution in [0.25, 0.3) is 10.9 Å². The monoisotopic (exact) mass is 269 g/mol. The number of aryl methyl sites for hydroxylation is 1. The van der Waals surface area contributed by atoms with E-state index in [-0.39, 0.29) is 5.82 Å². The van der Waals surface area contributed by atoms with Crippen LogP contribution in [0.2, 0.25) is 0 Å². The molecule has 0 aliphatic rings. The number of nitrogen functional groups attached to an aromatic ring is 1. The van der Waals surface area contributed by atoms with E-state index in [1.807, 2.05) is 0 Å². The first kappa shape index (κ1) is 12.3. The van der Waals surface area contributed by atoms with Crippen LogP contribution in [0.1, 0.15) is 5.56 Å². The Bertz CT molecular complexity index is 789. The van der Waals surface area contributed by atoms with Gasteiger partial charge in [0.1, 0.15) is 17.9 Å². The molecule has 2 N–H and O–H groups in total. The summed E-state index contributed by atoms with van der Waals surface area (Å²) in [5.74, 6) is 0.647. The molecule has 3 rings (SSSR count). The van der Waals surface area contributed by atoms with Gasteiger partial charge in [-0.15, -0.1) is 0 Å². The van der Waals surface area contributed by atoms with Crippen molar-refractivity contribution in [2.75, 3.05) is 5.73 Å². The Kier molecular flexibility index (Phi) is 2.95. The molecule has 4 nitrogen and oxygen atoms in total. The van der Waals surface area contributed by atoms with Crippen molar-refractivity contribution in [3.63, 3.8) is 0 Å². The SMILES string of the molecule is Cc1cc(Oc2ncnc3ccc(N)cc23)ccc1F. The predicted molar refractivity (Wildman–Crippen MR) is 75.2 cm³/mol. The highest BCUT2D eigenvalue weighted by molar-refractivity contribution is 5.86. The number of nitrogens with zero attached hydrogens (tertiary/aromatic N) is 2. The zero-order chi connectivity index (χ0) is 14.1. The minimum absolute atomic E-state index is 0.269. The van der Waals surface area contributed by atoms with Gasteiger partial charge in [0.15, 0.2) is 0 Å². The van der Waals surface area contributed by atoms with Gasteiger partial charge in [-0.3, -0.25) is 0 Å². The summed E-state index contributed by atoms with van der Waals surface area (Å²) in [7, 11) is 0. The Morgan fingerprint density at radius 1 is 1.10 bits per heavy atom. The van der Waals surface area contributed by atoms with Crippen LogP contribution in [-0.2, 0) is 0 Å². The zero-order valence-corrected chi connectivity index (χ0v) is 10.8. The lowest BCUT2D eigenvalue weighted by Crippen LogP contribution is -1.94. The molecule has 2 aromatic carbocycles. The van der Waals surface area contributed by atoms with Crippen LogP contribution >= 0.6 is 0 Å². The molecule has 0 bridgehead atoms. The van der Waals surface area contributed by atoms with Gasteiger partial charge in [0.25, 0.3) is 0 Å². The van der Waals surface area contributed by atoms with Gasteiger partial charge in [-0.05, 0) is 48.9 Å². The second-order valence-corrected chi connectivity index (χ2v) is 4.47. The maximum absolute atomic E-state index is 13.2. The average molecular weight is 269 g/mol. The third kappa shape index (κ3) is 2.25. The predicted octanol–water partition coefficient (Wildman–Crippen LogP) is 3.45. The highest BCUT2D eigenvalue weighted by atomic mass is 19.1. The summed E-state index contributed by atoms with van der Waals surface area (Å²) in [6.45, 7) is 1.68. The molecule has 0 atom stereocenters. The smallest absolute Gasteiger partial charge is 0.230 e. The Balaban J connectivity index is 2.05. The quantitative estimate of drug-likeness (QED) is 0.724. The molecule has 1 heterocycles. The highest BCUT2D eigenvalue weighted by Gasteiger charge is 2.07. The number of nitrogens with two attached hydrogens (primary N) is 1. The third-order valence-corrected chi connectivity index (χ3v) is 2.97. The van der Waals surface area contributed by atoms with Crippen LogP contribution in [-0.4, -0.2) is 9.97 Å². The minimum atomic E-state index is -0.269. The van der Waals surface area contributed by atoms with Gasteiger partial charge in [0.2, 0.25) is 5.88 Å². The van der Waals surface area contributed by atoms with Gasteiger partial charge in [-0.25, -0.2) is 14.4 Å². The van der Waals surface area contributed by atoms with E-state index in [9.17, 15) is 4.39 Å². The number of hydrogen-bond acceptors (Lipinski definition) is 4. The molecule has 0 aliphatic heterocycles. The van der Waals surface area contributed by atoms with Crippen molar-refractivity contribution in [3.05, 3.63) is 54.1 Å². The van der Waals surface area contributed by atoms with Crippen LogP contribution in [0.5, 0.6) is 11.6 Å². The van der Waals surface area contributed by atoms with E-state index in [0.29, 0.717) is 22.9 Å². The number of anilines is 1. The van der Waals surface area contributed by atoms with Crippen molar-refractivity contribution in [2.24, 2.45) is 0 Å². The third-order valence-electron chi connectivity index (χ3n) is 2.97. The van der Waals surface area contributed by atoms with Crippen LogP contribution in [0.15, 0.2) is 42.7 Å². The molecule has 0 fully saturated rings. The van der Waals surface area contributed by atoms with E-state index in [1.165, 1.54) is 12.4 Å². The maximum atomic E-state index is 13.2. The summed E-state index contributed by atoms with van der Waals surface area (Å²) < 4.78 is 19.0. The standard InChI is InChI=1S/C15H12FN3O/c1-9-6-11(3-4-13(9)16)20-15-12-7-10(17)2-5-14(12)18-8-19-15/h2-8H,17H2,1H3. The molecule has 0 saturated carbocycles. The molecule has 0 unspecified atom stereocenters. The van der Waals surface area contributed by atoms with Crippen molar-refractivity contribution < 1.29 is 9.13 Å². The van der Waals surface area contributed by atoms with E-state index >= 15 is 0 Å². The average Bonchev–Trinajstić information content (AvgIpc) is 2.44. The lowest BCUT2D eigenvalue weighted by Gasteiger charge is -2.08. The summed E-state index contributed by atoms with van der Waals surface area (Å²) in [4.78, 5) is 8.26. The number of rotatable bonds is 2. The van der Waals surface area contributed by atoms with Crippen LogP contribution in [0.4, 0.5) is 10.1 Å². The number of fused-ring (bicyclic) bond motifs is 1. The Labute approximate surface area is 115 Å². The molecular formula is C15H12FN3O. The lowest BCUT2D eigenvalue weighted by atomic mass is 10.2. The Morgan fingerprint density at radius 3 is 2.75 bits per heavy atom. The summed E-state index contributed by atoms with van der Waals surface area (Å²) in [5, 5.41) is 0.717. The Morgan fingerprint density at radius 2 is 1.95 bits per heavy atom. The molecule has 5 heteroatoms. The van der Waals surface area contributed by atoms with E-state index < -0.39 is 0 Å². The topological polar surface area (TPSA) is 61.0 Å². The fourth-order valence-electron chi connectivity index (χ4n) is 1.92. The van der Waals surface area contributed by atoms with Crippen molar-refractivity contribution in [1.82, 2.24) is 9.97 Å². The molecule has 0 spiro atoms. The Hall–Kier alpha value is -2.69.